The quantitative estimate of drug-likeness (QED) is 0.155. The maximum atomic E-state index is 8.36. The van der Waals surface area contributed by atoms with Crippen LogP contribution in [0.4, 0.5) is 22.7 Å². The van der Waals surface area contributed by atoms with Crippen molar-refractivity contribution in [2.24, 2.45) is 0 Å². The van der Waals surface area contributed by atoms with Gasteiger partial charge in [0.2, 0.25) is 0 Å². The van der Waals surface area contributed by atoms with Gasteiger partial charge < -0.3 is 26.5 Å². The summed E-state index contributed by atoms with van der Waals surface area (Å²) in [4.78, 5) is 8.36. The average molecular weight is 625 g/mol. The third kappa shape index (κ3) is 7.05. The summed E-state index contributed by atoms with van der Waals surface area (Å²) < 4.78 is 0. The van der Waals surface area contributed by atoms with Crippen LogP contribution in [-0.2, 0) is 17.1 Å². The van der Waals surface area contributed by atoms with Crippen molar-refractivity contribution in [3.05, 3.63) is 121 Å². The van der Waals surface area contributed by atoms with Gasteiger partial charge in [-0.25, -0.2) is 0 Å². The summed E-state index contributed by atoms with van der Waals surface area (Å²) >= 11 is 23.5. The van der Waals surface area contributed by atoms with Crippen molar-refractivity contribution in [3.8, 4) is 0 Å². The summed E-state index contributed by atoms with van der Waals surface area (Å²) in [7, 11) is 0. The molecule has 0 saturated carbocycles. The maximum absolute atomic E-state index is 8.36. The zero-order valence-electron chi connectivity index (χ0n) is 18.2. The zero-order chi connectivity index (χ0) is 25.8. The van der Waals surface area contributed by atoms with Gasteiger partial charge in [-0.15, -0.1) is 79.3 Å². The van der Waals surface area contributed by atoms with Gasteiger partial charge in [-0.1, -0.05) is 93.5 Å². The molecule has 8 nitrogen and oxygen atoms in total. The molecule has 2 aromatic carbocycles. The van der Waals surface area contributed by atoms with E-state index in [1.807, 2.05) is 48.6 Å². The molecule has 37 heavy (non-hydrogen) atoms. The van der Waals surface area contributed by atoms with E-state index in [1.54, 1.807) is 24.3 Å². The number of fused-ring (bicyclic) bond motifs is 6. The number of allylic oxidation sites excluding steroid dienone is 4. The Morgan fingerprint density at radius 3 is 0.919 bits per heavy atom. The Labute approximate surface area is 241 Å². The van der Waals surface area contributed by atoms with Crippen molar-refractivity contribution in [1.29, 1.82) is 0 Å². The fourth-order valence-electron chi connectivity index (χ4n) is 3.44. The molecule has 0 aromatic heterocycles. The molecule has 0 amide bonds. The zero-order valence-corrected chi connectivity index (χ0v) is 22.2. The van der Waals surface area contributed by atoms with E-state index in [0.29, 0.717) is 20.6 Å². The molecule has 4 aliphatic rings. The molecule has 13 heteroatoms. The largest absolute Gasteiger partial charge is 1.00 e. The van der Waals surface area contributed by atoms with E-state index in [1.165, 1.54) is 0 Å². The van der Waals surface area contributed by atoms with Crippen molar-refractivity contribution in [1.82, 2.24) is 0 Å². The minimum Gasteiger partial charge on any atom is -0.649 e. The van der Waals surface area contributed by atoms with Crippen LogP contribution in [0.2, 0.25) is 0 Å². The van der Waals surface area contributed by atoms with Gasteiger partial charge in [0.1, 0.15) is 0 Å². The van der Waals surface area contributed by atoms with Crippen LogP contribution in [0.3, 0.4) is 0 Å². The molecular formula is C24H13Cl4CuN5O3-3. The predicted molar refractivity (Wildman–Crippen MR) is 146 cm³/mol. The van der Waals surface area contributed by atoms with Crippen molar-refractivity contribution in [2.45, 2.75) is 0 Å². The number of nitrogens with zero attached hydrogens (tertiary/aromatic N) is 5. The molecule has 0 saturated heterocycles. The molecule has 6 rings (SSSR count). The van der Waals surface area contributed by atoms with Crippen LogP contribution in [0.5, 0.6) is 0 Å². The Morgan fingerprint density at radius 1 is 0.541 bits per heavy atom. The van der Waals surface area contributed by atoms with Crippen molar-refractivity contribution < 1.29 is 27.4 Å². The van der Waals surface area contributed by atoms with Crippen LogP contribution in [0, 0.1) is 10.1 Å². The second kappa shape index (κ2) is 12.5. The Hall–Kier alpha value is -3.04. The summed E-state index contributed by atoms with van der Waals surface area (Å²) in [5, 5.41) is 36.7. The molecule has 1 N–H and O–H groups in total. The molecule has 2 aromatic rings. The van der Waals surface area contributed by atoms with Crippen LogP contribution >= 0.6 is 46.4 Å². The van der Waals surface area contributed by atoms with Crippen LogP contribution in [0.1, 0.15) is 0 Å². The molecule has 0 aliphatic carbocycles. The second-order valence-electron chi connectivity index (χ2n) is 7.19. The summed E-state index contributed by atoms with van der Waals surface area (Å²) in [5.41, 5.74) is 3.14. The SMILES string of the molecule is ClC1=CC=c2ccc3c(c2[N-]1)[N-]C(Cl)=CC=3.ClC1=CC=c2ccc3c(c2[N-]1)[N-]C(Cl)=CC=3.O=[N+]([O-])O.[Cu+]. The Balaban J connectivity index is 0.000000176. The fraction of sp³-hybridized carbons (Fsp3) is 0. The van der Waals surface area contributed by atoms with Crippen LogP contribution in [-0.4, -0.2) is 10.3 Å². The molecule has 4 aliphatic heterocycles. The molecule has 194 valence electrons. The molecule has 0 fully saturated rings. The van der Waals surface area contributed by atoms with Gasteiger partial charge in [0.25, 0.3) is 5.09 Å². The van der Waals surface area contributed by atoms with E-state index in [2.05, 4.69) is 21.3 Å². The van der Waals surface area contributed by atoms with Gasteiger partial charge in [-0.3, -0.25) is 0 Å². The van der Waals surface area contributed by atoms with Crippen molar-refractivity contribution in [2.75, 3.05) is 0 Å². The van der Waals surface area contributed by atoms with E-state index in [-0.39, 0.29) is 17.1 Å². The minimum atomic E-state index is -1.50. The number of benzene rings is 2. The first-order chi connectivity index (χ1) is 17.2. The number of halogens is 4. The summed E-state index contributed by atoms with van der Waals surface area (Å²) in [6.07, 6.45) is 14.7. The first kappa shape index (κ1) is 28.5. The van der Waals surface area contributed by atoms with E-state index < -0.39 is 5.09 Å². The molecule has 0 bridgehead atoms. The van der Waals surface area contributed by atoms with Crippen molar-refractivity contribution in [3.63, 3.8) is 0 Å². The monoisotopic (exact) mass is 622 g/mol. The topological polar surface area (TPSA) is 120 Å². The molecule has 4 heterocycles. The van der Waals surface area contributed by atoms with Gasteiger partial charge in [0.05, 0.1) is 0 Å². The van der Waals surface area contributed by atoms with E-state index in [4.69, 9.17) is 61.7 Å². The van der Waals surface area contributed by atoms with Crippen LogP contribution in [0.25, 0.3) is 45.6 Å². The molecule has 0 unspecified atom stereocenters. The molecule has 0 spiro atoms. The third-order valence-electron chi connectivity index (χ3n) is 4.90. The van der Waals surface area contributed by atoms with Crippen molar-refractivity contribution >= 4 is 93.5 Å². The first-order valence-corrected chi connectivity index (χ1v) is 11.6. The molecule has 0 atom stereocenters. The Bertz CT molecular complexity index is 1400. The first-order valence-electron chi connectivity index (χ1n) is 10.1. The normalized spacial score (nSPS) is 14.8. The van der Waals surface area contributed by atoms with Crippen LogP contribution < -0.4 is 20.9 Å². The average Bonchev–Trinajstić information content (AvgIpc) is 2.84. The van der Waals surface area contributed by atoms with E-state index in [9.17, 15) is 0 Å². The number of hydrogen-bond donors (Lipinski definition) is 1. The smallest absolute Gasteiger partial charge is 0.649 e. The summed E-state index contributed by atoms with van der Waals surface area (Å²) in [6.45, 7) is 0. The maximum Gasteiger partial charge on any atom is 1.00 e. The van der Waals surface area contributed by atoms with Gasteiger partial charge >= 0.3 is 17.1 Å². The summed E-state index contributed by atoms with van der Waals surface area (Å²) in [5.74, 6) is 0. The van der Waals surface area contributed by atoms with E-state index in [0.717, 1.165) is 43.6 Å². The molecule has 0 radical (unpaired) electrons. The fourth-order valence-corrected chi connectivity index (χ4v) is 4.03. The number of hydrogen-bond acceptors (Lipinski definition) is 2. The Morgan fingerprint density at radius 2 is 0.730 bits per heavy atom. The third-order valence-corrected chi connectivity index (χ3v) is 5.75. The predicted octanol–water partition coefficient (Wildman–Crippen LogP) is 6.54. The van der Waals surface area contributed by atoms with E-state index >= 15 is 0 Å². The summed E-state index contributed by atoms with van der Waals surface area (Å²) in [6, 6.07) is 7.99. The second-order valence-corrected chi connectivity index (χ2v) is 8.74. The standard InChI is InChI=1S/2C12H6Cl2N2.Cu.HNO3/c2*13-9-5-3-7-1-2-8-4-6-10(14)16-12(8)11(7)15-9;;2-1(3)4/h2*1-6H;;(H,2,3,4)/q2*-2;+1;. The van der Waals surface area contributed by atoms with Gasteiger partial charge in [0.15, 0.2) is 0 Å². The van der Waals surface area contributed by atoms with Crippen LogP contribution in [0.15, 0.2) is 69.2 Å². The van der Waals surface area contributed by atoms with Gasteiger partial charge in [-0.2, -0.15) is 0 Å². The number of rotatable bonds is 0. The molecular weight excluding hydrogens is 612 g/mol. The minimum absolute atomic E-state index is 0. The Kier molecular flexibility index (Phi) is 9.61. The van der Waals surface area contributed by atoms with Gasteiger partial charge in [-0.05, 0) is 20.9 Å². The van der Waals surface area contributed by atoms with Gasteiger partial charge in [0, 0.05) is 0 Å².